The molecule has 0 saturated carbocycles. The molecule has 0 saturated heterocycles. The summed E-state index contributed by atoms with van der Waals surface area (Å²) in [6.07, 6.45) is -1.10. The average molecular weight is 535 g/mol. The zero-order valence-corrected chi connectivity index (χ0v) is 23.5. The van der Waals surface area contributed by atoms with Crippen LogP contribution in [0.5, 0.6) is 0 Å². The van der Waals surface area contributed by atoms with E-state index < -0.39 is 47.5 Å². The second kappa shape index (κ2) is 14.9. The van der Waals surface area contributed by atoms with Gasteiger partial charge in [0.2, 0.25) is 17.7 Å². The van der Waals surface area contributed by atoms with Crippen molar-refractivity contribution in [1.82, 2.24) is 15.5 Å². The molecule has 0 heterocycles. The van der Waals surface area contributed by atoms with Gasteiger partial charge in [-0.25, -0.2) is 4.79 Å². The van der Waals surface area contributed by atoms with E-state index >= 15 is 0 Å². The van der Waals surface area contributed by atoms with E-state index in [1.54, 1.807) is 46.8 Å². The number of esters is 1. The minimum absolute atomic E-state index is 0.0198. The molecule has 1 aromatic carbocycles. The number of primary amides is 1. The van der Waals surface area contributed by atoms with Crippen LogP contribution in [0.3, 0.4) is 0 Å². The fraction of sp³-hybridized carbons (Fsp3) is 0.593. The number of nitrogens with two attached hydrogens (primary N) is 1. The van der Waals surface area contributed by atoms with Crippen molar-refractivity contribution in [3.63, 3.8) is 0 Å². The van der Waals surface area contributed by atoms with Gasteiger partial charge in [-0.05, 0) is 60.5 Å². The lowest BCUT2D eigenvalue weighted by Gasteiger charge is -2.34. The van der Waals surface area contributed by atoms with Gasteiger partial charge < -0.3 is 30.7 Å². The summed E-state index contributed by atoms with van der Waals surface area (Å²) in [6.45, 7) is 12.6. The predicted octanol–water partition coefficient (Wildman–Crippen LogP) is 2.42. The number of carbonyl (C=O) groups is 5. The van der Waals surface area contributed by atoms with Gasteiger partial charge in [0, 0.05) is 19.5 Å². The number of nitrogens with one attached hydrogen (secondary N) is 2. The van der Waals surface area contributed by atoms with Crippen molar-refractivity contribution < 1.29 is 33.4 Å². The maximum Gasteiger partial charge on any atom is 0.408 e. The molecular formula is C27H42N4O7. The Morgan fingerprint density at radius 2 is 1.61 bits per heavy atom. The van der Waals surface area contributed by atoms with Crippen molar-refractivity contribution in [2.75, 3.05) is 19.7 Å². The van der Waals surface area contributed by atoms with Crippen LogP contribution in [0.1, 0.15) is 76.6 Å². The number of benzene rings is 1. The summed E-state index contributed by atoms with van der Waals surface area (Å²) < 4.78 is 10.2. The van der Waals surface area contributed by atoms with E-state index in [1.807, 2.05) is 19.9 Å². The van der Waals surface area contributed by atoms with E-state index in [2.05, 4.69) is 10.6 Å². The van der Waals surface area contributed by atoms with Crippen LogP contribution in [0.15, 0.2) is 18.2 Å². The van der Waals surface area contributed by atoms with Gasteiger partial charge in [0.1, 0.15) is 17.7 Å². The zero-order chi connectivity index (χ0) is 29.0. The van der Waals surface area contributed by atoms with Gasteiger partial charge in [-0.15, -0.1) is 0 Å². The molecule has 0 fully saturated rings. The van der Waals surface area contributed by atoms with Crippen LogP contribution in [0.25, 0.3) is 0 Å². The minimum atomic E-state index is -1.17. The fourth-order valence-corrected chi connectivity index (χ4v) is 3.92. The first kappa shape index (κ1) is 32.4. The first-order chi connectivity index (χ1) is 17.7. The van der Waals surface area contributed by atoms with Gasteiger partial charge in [-0.2, -0.15) is 0 Å². The number of ether oxygens (including phenoxy) is 2. The summed E-state index contributed by atoms with van der Waals surface area (Å²) in [5.41, 5.74) is 6.85. The van der Waals surface area contributed by atoms with Crippen LogP contribution in [0.2, 0.25) is 0 Å². The number of aryl methyl sites for hydroxylation is 2. The third kappa shape index (κ3) is 11.2. The van der Waals surface area contributed by atoms with E-state index in [0.717, 1.165) is 11.1 Å². The molecular weight excluding hydrogens is 492 g/mol. The van der Waals surface area contributed by atoms with Crippen molar-refractivity contribution in [2.24, 2.45) is 5.73 Å². The molecule has 1 aromatic rings. The van der Waals surface area contributed by atoms with Crippen LogP contribution in [0, 0.1) is 13.8 Å². The second-order valence-electron chi connectivity index (χ2n) is 10.00. The number of rotatable bonds is 13. The van der Waals surface area contributed by atoms with E-state index in [1.165, 1.54) is 4.90 Å². The van der Waals surface area contributed by atoms with Crippen LogP contribution in [-0.4, -0.2) is 66.0 Å². The Bertz CT molecular complexity index is 983. The van der Waals surface area contributed by atoms with Crippen molar-refractivity contribution >= 4 is 29.8 Å². The average Bonchev–Trinajstić information content (AvgIpc) is 2.77. The van der Waals surface area contributed by atoms with E-state index in [4.69, 9.17) is 15.2 Å². The molecule has 0 radical (unpaired) electrons. The normalized spacial score (nSPS) is 12.6. The number of alkyl carbamates (subject to hydrolysis) is 1. The highest BCUT2D eigenvalue weighted by atomic mass is 16.6. The van der Waals surface area contributed by atoms with Gasteiger partial charge in [-0.3, -0.25) is 19.2 Å². The number of hydrogen-bond donors (Lipinski definition) is 3. The first-order valence-electron chi connectivity index (χ1n) is 12.8. The highest BCUT2D eigenvalue weighted by Crippen LogP contribution is 2.25. The number of amides is 4. The van der Waals surface area contributed by atoms with Gasteiger partial charge in [0.25, 0.3) is 0 Å². The van der Waals surface area contributed by atoms with Crippen LogP contribution in [-0.2, 0) is 28.7 Å². The summed E-state index contributed by atoms with van der Waals surface area (Å²) in [5.74, 6) is -2.17. The van der Waals surface area contributed by atoms with Crippen LogP contribution in [0.4, 0.5) is 4.79 Å². The molecule has 4 N–H and O–H groups in total. The Hall–Kier alpha value is -3.63. The van der Waals surface area contributed by atoms with Crippen molar-refractivity contribution in [3.05, 3.63) is 34.9 Å². The maximum atomic E-state index is 13.8. The highest BCUT2D eigenvalue weighted by molar-refractivity contribution is 5.92. The molecule has 38 heavy (non-hydrogen) atoms. The van der Waals surface area contributed by atoms with Crippen molar-refractivity contribution in [3.8, 4) is 0 Å². The highest BCUT2D eigenvalue weighted by Gasteiger charge is 2.35. The SMILES string of the molecule is CCOC(=O)CCNC(=O)C(c1cc(C)cc(C)c1)N(CC)C(=O)C(CCC(N)=O)NC(=O)OC(C)(C)C. The van der Waals surface area contributed by atoms with Crippen LogP contribution < -0.4 is 16.4 Å². The monoisotopic (exact) mass is 534 g/mol. The number of nitrogens with zero attached hydrogens (tertiary/aromatic N) is 1. The van der Waals surface area contributed by atoms with Gasteiger partial charge in [0.15, 0.2) is 0 Å². The topological polar surface area (TPSA) is 157 Å². The minimum Gasteiger partial charge on any atom is -0.466 e. The second-order valence-corrected chi connectivity index (χ2v) is 10.00. The molecule has 2 unspecified atom stereocenters. The first-order valence-corrected chi connectivity index (χ1v) is 12.8. The van der Waals surface area contributed by atoms with Crippen molar-refractivity contribution in [1.29, 1.82) is 0 Å². The lowest BCUT2D eigenvalue weighted by atomic mass is 9.98. The predicted molar refractivity (Wildman–Crippen MR) is 142 cm³/mol. The van der Waals surface area contributed by atoms with Crippen molar-refractivity contribution in [2.45, 2.75) is 85.4 Å². The van der Waals surface area contributed by atoms with Gasteiger partial charge >= 0.3 is 12.1 Å². The third-order valence-corrected chi connectivity index (χ3v) is 5.35. The molecule has 0 aromatic heterocycles. The lowest BCUT2D eigenvalue weighted by Crippen LogP contribution is -2.53. The quantitative estimate of drug-likeness (QED) is 0.328. The molecule has 4 amide bonds. The maximum absolute atomic E-state index is 13.8. The van der Waals surface area contributed by atoms with Gasteiger partial charge in [-0.1, -0.05) is 29.3 Å². The summed E-state index contributed by atoms with van der Waals surface area (Å²) in [5, 5.41) is 5.25. The zero-order valence-electron chi connectivity index (χ0n) is 23.5. The van der Waals surface area contributed by atoms with E-state index in [9.17, 15) is 24.0 Å². The number of likely N-dealkylation sites (N-methyl/N-ethyl adjacent to an activating group) is 1. The summed E-state index contributed by atoms with van der Waals surface area (Å²) in [4.78, 5) is 64.3. The third-order valence-electron chi connectivity index (χ3n) is 5.35. The fourth-order valence-electron chi connectivity index (χ4n) is 3.92. The molecule has 212 valence electrons. The Kier molecular flexibility index (Phi) is 12.7. The molecule has 2 atom stereocenters. The lowest BCUT2D eigenvalue weighted by molar-refractivity contribution is -0.144. The summed E-state index contributed by atoms with van der Waals surface area (Å²) in [7, 11) is 0. The molecule has 11 heteroatoms. The number of carbonyl (C=O) groups excluding carboxylic acids is 5. The molecule has 0 bridgehead atoms. The Labute approximate surface area is 224 Å². The molecule has 1 rings (SSSR count). The van der Waals surface area contributed by atoms with Crippen LogP contribution >= 0.6 is 0 Å². The van der Waals surface area contributed by atoms with E-state index in [-0.39, 0.29) is 39.0 Å². The molecule has 0 aliphatic rings. The summed E-state index contributed by atoms with van der Waals surface area (Å²) in [6, 6.07) is 3.32. The molecule has 0 aliphatic carbocycles. The smallest absolute Gasteiger partial charge is 0.408 e. The Balaban J connectivity index is 3.36. The molecule has 0 spiro atoms. The molecule has 0 aliphatic heterocycles. The Morgan fingerprint density at radius 1 is 1.00 bits per heavy atom. The number of hydrogen-bond acceptors (Lipinski definition) is 7. The standard InChI is InChI=1S/C27H42N4O7/c1-8-31(25(35)20(10-11-21(28)32)30-26(36)38-27(5,6)7)23(19-15-17(3)14-18(4)16-19)24(34)29-13-12-22(33)37-9-2/h14-16,20,23H,8-13H2,1-7H3,(H2,28,32)(H,29,34)(H,30,36). The van der Waals surface area contributed by atoms with E-state index in [0.29, 0.717) is 5.56 Å². The largest absolute Gasteiger partial charge is 0.466 e. The molecule has 11 nitrogen and oxygen atoms in total. The Morgan fingerprint density at radius 3 is 2.11 bits per heavy atom. The van der Waals surface area contributed by atoms with Gasteiger partial charge in [0.05, 0.1) is 13.0 Å². The summed E-state index contributed by atoms with van der Waals surface area (Å²) >= 11 is 0.